The number of imide groups is 1. The maximum Gasteiger partial charge on any atom is 0.331 e. The lowest BCUT2D eigenvalue weighted by Gasteiger charge is -2.17. The van der Waals surface area contributed by atoms with Gasteiger partial charge in [0, 0.05) is 57.4 Å². The number of benzene rings is 2. The van der Waals surface area contributed by atoms with Crippen molar-refractivity contribution in [1.82, 2.24) is 20.2 Å². The largest absolute Gasteiger partial charge is 0.453 e. The van der Waals surface area contributed by atoms with Crippen LogP contribution in [-0.2, 0) is 22.5 Å². The molecule has 0 spiro atoms. The fraction of sp³-hybridized carbons (Fsp3) is 0.212. The molecule has 0 saturated carbocycles. The number of methoxy groups -OCH3 is 1. The third-order valence-corrected chi connectivity index (χ3v) is 8.38. The highest BCUT2D eigenvalue weighted by molar-refractivity contribution is 7.22. The number of urea groups is 1. The summed E-state index contributed by atoms with van der Waals surface area (Å²) in [6, 6.07) is 20.9. The second-order valence-corrected chi connectivity index (χ2v) is 11.3. The van der Waals surface area contributed by atoms with Crippen molar-refractivity contribution in [3.8, 4) is 22.1 Å². The first-order chi connectivity index (χ1) is 21.5. The zero-order chi connectivity index (χ0) is 30.5. The standard InChI is InChI=1S/C33H30FN5O4S/c1-42-16-13-35-20-23-7-9-26(37-21-23)30-19-27-32(44-30)29(11-12-36-27)43-28-10-8-22(17-25(28)34)18-31(40)39-15-14-38(33(39)41)24-5-3-2-4-6-24/h2-12,17,19,21,35H,13-16,18,20H2,1H3. The molecule has 0 unspecified atom stereocenters. The van der Waals surface area contributed by atoms with Crippen LogP contribution in [0.4, 0.5) is 14.9 Å². The molecule has 3 amide bonds. The van der Waals surface area contributed by atoms with Crippen LogP contribution < -0.4 is 15.0 Å². The van der Waals surface area contributed by atoms with E-state index >= 15 is 4.39 Å². The van der Waals surface area contributed by atoms with Gasteiger partial charge in [0.25, 0.3) is 0 Å². The van der Waals surface area contributed by atoms with Crippen LogP contribution in [0.1, 0.15) is 11.1 Å². The average molecular weight is 612 g/mol. The normalized spacial score (nSPS) is 13.2. The van der Waals surface area contributed by atoms with Gasteiger partial charge in [0.15, 0.2) is 11.6 Å². The number of halogens is 1. The summed E-state index contributed by atoms with van der Waals surface area (Å²) in [6.07, 6.45) is 3.35. The number of rotatable bonds is 11. The zero-order valence-corrected chi connectivity index (χ0v) is 24.9. The number of amides is 3. The van der Waals surface area contributed by atoms with Gasteiger partial charge in [0.1, 0.15) is 5.75 Å². The van der Waals surface area contributed by atoms with E-state index in [0.29, 0.717) is 31.0 Å². The Bertz CT molecular complexity index is 1780. The summed E-state index contributed by atoms with van der Waals surface area (Å²) in [7, 11) is 1.67. The highest BCUT2D eigenvalue weighted by atomic mass is 32.1. The molecule has 1 saturated heterocycles. The Morgan fingerprint density at radius 1 is 1.00 bits per heavy atom. The molecule has 44 heavy (non-hydrogen) atoms. The third-order valence-electron chi connectivity index (χ3n) is 7.21. The number of nitrogens with zero attached hydrogens (tertiary/aromatic N) is 4. The van der Waals surface area contributed by atoms with Gasteiger partial charge < -0.3 is 14.8 Å². The van der Waals surface area contributed by atoms with Crippen LogP contribution in [0, 0.1) is 5.82 Å². The van der Waals surface area contributed by atoms with E-state index in [1.165, 1.54) is 28.4 Å². The average Bonchev–Trinajstić information content (AvgIpc) is 3.66. The number of carbonyl (C=O) groups is 2. The molecular weight excluding hydrogens is 581 g/mol. The molecular formula is C33H30FN5O4S. The fourth-order valence-corrected chi connectivity index (χ4v) is 5.99. The maximum atomic E-state index is 15.2. The Hall–Kier alpha value is -4.71. The number of aromatic nitrogens is 2. The fourth-order valence-electron chi connectivity index (χ4n) is 4.94. The molecule has 0 radical (unpaired) electrons. The zero-order valence-electron chi connectivity index (χ0n) is 24.0. The van der Waals surface area contributed by atoms with Gasteiger partial charge in [-0.15, -0.1) is 11.3 Å². The van der Waals surface area contributed by atoms with Crippen LogP contribution in [0.5, 0.6) is 11.5 Å². The van der Waals surface area contributed by atoms with E-state index in [1.54, 1.807) is 30.3 Å². The first kappa shape index (κ1) is 29.4. The molecule has 6 rings (SSSR count). The first-order valence-corrected chi connectivity index (χ1v) is 15.0. The summed E-state index contributed by atoms with van der Waals surface area (Å²) in [6.45, 7) is 2.80. The van der Waals surface area contributed by atoms with E-state index in [1.807, 2.05) is 54.7 Å². The molecule has 11 heteroatoms. The number of hydrogen-bond acceptors (Lipinski definition) is 8. The predicted molar refractivity (Wildman–Crippen MR) is 168 cm³/mol. The third kappa shape index (κ3) is 6.45. The van der Waals surface area contributed by atoms with Crippen molar-refractivity contribution >= 4 is 39.2 Å². The number of nitrogens with one attached hydrogen (secondary N) is 1. The molecule has 1 fully saturated rings. The highest BCUT2D eigenvalue weighted by Gasteiger charge is 2.33. The van der Waals surface area contributed by atoms with Crippen molar-refractivity contribution < 1.29 is 23.5 Å². The molecule has 2 aromatic carbocycles. The lowest BCUT2D eigenvalue weighted by Crippen LogP contribution is -2.37. The van der Waals surface area contributed by atoms with Crippen molar-refractivity contribution in [1.29, 1.82) is 0 Å². The molecule has 1 aliphatic heterocycles. The predicted octanol–water partition coefficient (Wildman–Crippen LogP) is 6.04. The second-order valence-electron chi connectivity index (χ2n) is 10.2. The number of pyridine rings is 2. The molecule has 5 aromatic rings. The molecule has 0 aliphatic carbocycles. The van der Waals surface area contributed by atoms with Gasteiger partial charge in [-0.3, -0.25) is 24.6 Å². The van der Waals surface area contributed by atoms with Crippen LogP contribution in [0.15, 0.2) is 85.2 Å². The van der Waals surface area contributed by atoms with Crippen molar-refractivity contribution in [3.05, 3.63) is 102 Å². The molecule has 0 bridgehead atoms. The number of hydrogen-bond donors (Lipinski definition) is 1. The van der Waals surface area contributed by atoms with Gasteiger partial charge in [-0.1, -0.05) is 30.3 Å². The van der Waals surface area contributed by atoms with Crippen molar-refractivity contribution in [2.45, 2.75) is 13.0 Å². The van der Waals surface area contributed by atoms with E-state index in [-0.39, 0.29) is 30.7 Å². The number of thiophene rings is 1. The molecule has 3 aromatic heterocycles. The topological polar surface area (TPSA) is 96.9 Å². The Morgan fingerprint density at radius 2 is 1.84 bits per heavy atom. The Morgan fingerprint density at radius 3 is 2.61 bits per heavy atom. The van der Waals surface area contributed by atoms with Crippen LogP contribution in [0.3, 0.4) is 0 Å². The van der Waals surface area contributed by atoms with Gasteiger partial charge in [-0.25, -0.2) is 9.18 Å². The van der Waals surface area contributed by atoms with Gasteiger partial charge in [-0.05, 0) is 47.5 Å². The summed E-state index contributed by atoms with van der Waals surface area (Å²) in [5, 5.41) is 3.30. The SMILES string of the molecule is COCCNCc1ccc(-c2cc3nccc(Oc4ccc(CC(=O)N5CCN(c6ccccc6)C5=O)cc4F)c3s2)nc1. The van der Waals surface area contributed by atoms with Gasteiger partial charge in [0.05, 0.1) is 33.8 Å². The van der Waals surface area contributed by atoms with E-state index in [9.17, 15) is 9.59 Å². The van der Waals surface area contributed by atoms with Crippen molar-refractivity contribution in [3.63, 3.8) is 0 Å². The summed E-state index contributed by atoms with van der Waals surface area (Å²) in [5.74, 6) is -0.490. The summed E-state index contributed by atoms with van der Waals surface area (Å²) >= 11 is 1.47. The van der Waals surface area contributed by atoms with Crippen LogP contribution in [0.25, 0.3) is 20.8 Å². The van der Waals surface area contributed by atoms with E-state index in [2.05, 4.69) is 15.3 Å². The van der Waals surface area contributed by atoms with Crippen LogP contribution in [-0.4, -0.2) is 60.2 Å². The minimum absolute atomic E-state index is 0.0274. The Kier molecular flexibility index (Phi) is 8.87. The first-order valence-electron chi connectivity index (χ1n) is 14.2. The molecule has 1 aliphatic rings. The van der Waals surface area contributed by atoms with E-state index in [4.69, 9.17) is 9.47 Å². The maximum absolute atomic E-state index is 15.2. The summed E-state index contributed by atoms with van der Waals surface area (Å²) in [4.78, 5) is 38.6. The lowest BCUT2D eigenvalue weighted by atomic mass is 10.1. The second kappa shape index (κ2) is 13.3. The van der Waals surface area contributed by atoms with Gasteiger partial charge in [0.2, 0.25) is 5.91 Å². The van der Waals surface area contributed by atoms with Crippen LogP contribution >= 0.6 is 11.3 Å². The van der Waals surface area contributed by atoms with E-state index < -0.39 is 5.82 Å². The Balaban J connectivity index is 1.12. The summed E-state index contributed by atoms with van der Waals surface area (Å²) < 4.78 is 27.0. The number of para-hydroxylation sites is 1. The molecule has 0 atom stereocenters. The number of anilines is 1. The van der Waals surface area contributed by atoms with Gasteiger partial charge in [-0.2, -0.15) is 0 Å². The number of ether oxygens (including phenoxy) is 2. The van der Waals surface area contributed by atoms with Crippen molar-refractivity contribution in [2.24, 2.45) is 0 Å². The Labute approximate surface area is 257 Å². The van der Waals surface area contributed by atoms with Crippen molar-refractivity contribution in [2.75, 3.05) is 38.3 Å². The monoisotopic (exact) mass is 611 g/mol. The highest BCUT2D eigenvalue weighted by Crippen LogP contribution is 2.39. The van der Waals surface area contributed by atoms with Gasteiger partial charge >= 0.3 is 6.03 Å². The molecule has 9 nitrogen and oxygen atoms in total. The molecule has 224 valence electrons. The quantitative estimate of drug-likeness (QED) is 0.182. The summed E-state index contributed by atoms with van der Waals surface area (Å²) in [5.41, 5.74) is 3.78. The molecule has 1 N–H and O–H groups in total. The van der Waals surface area contributed by atoms with E-state index in [0.717, 1.165) is 38.6 Å². The lowest BCUT2D eigenvalue weighted by molar-refractivity contribution is -0.126. The number of fused-ring (bicyclic) bond motifs is 1. The molecule has 4 heterocycles. The minimum atomic E-state index is -0.605. The smallest absolute Gasteiger partial charge is 0.331 e. The van der Waals surface area contributed by atoms with Crippen LogP contribution in [0.2, 0.25) is 0 Å². The number of carbonyl (C=O) groups excluding carboxylic acids is 2. The minimum Gasteiger partial charge on any atom is -0.453 e.